The first-order chi connectivity index (χ1) is 15.6. The fraction of sp³-hybridized carbons (Fsp3) is 0.462. The largest absolute Gasteiger partial charge is 0.357 e. The monoisotopic (exact) mass is 435 g/mol. The van der Waals surface area contributed by atoms with E-state index in [9.17, 15) is 4.79 Å². The number of likely N-dealkylation sites (tertiary alicyclic amines) is 1. The van der Waals surface area contributed by atoms with E-state index in [2.05, 4.69) is 65.0 Å². The number of hydrogen-bond acceptors (Lipinski definition) is 3. The van der Waals surface area contributed by atoms with E-state index in [-0.39, 0.29) is 5.91 Å². The molecule has 1 heterocycles. The summed E-state index contributed by atoms with van der Waals surface area (Å²) in [7, 11) is 1.65. The van der Waals surface area contributed by atoms with Crippen LogP contribution >= 0.6 is 0 Å². The summed E-state index contributed by atoms with van der Waals surface area (Å²) >= 11 is 0. The molecule has 1 aliphatic heterocycles. The van der Waals surface area contributed by atoms with Crippen molar-refractivity contribution in [1.82, 2.24) is 20.9 Å². The Kier molecular flexibility index (Phi) is 9.11. The van der Waals surface area contributed by atoms with Crippen LogP contribution in [0.15, 0.2) is 59.6 Å². The Labute approximate surface area is 192 Å². The molecule has 0 bridgehead atoms. The Morgan fingerprint density at radius 2 is 1.88 bits per heavy atom. The van der Waals surface area contributed by atoms with Crippen molar-refractivity contribution < 1.29 is 4.79 Å². The normalized spacial score (nSPS) is 16.4. The highest BCUT2D eigenvalue weighted by molar-refractivity contribution is 5.94. The van der Waals surface area contributed by atoms with Gasteiger partial charge in [-0.25, -0.2) is 0 Å². The van der Waals surface area contributed by atoms with E-state index in [0.717, 1.165) is 50.4 Å². The molecule has 1 atom stereocenters. The van der Waals surface area contributed by atoms with E-state index in [1.807, 2.05) is 24.3 Å². The van der Waals surface area contributed by atoms with E-state index in [4.69, 9.17) is 4.99 Å². The third kappa shape index (κ3) is 6.82. The summed E-state index contributed by atoms with van der Waals surface area (Å²) in [6.45, 7) is 8.07. The van der Waals surface area contributed by atoms with Crippen LogP contribution in [0.1, 0.15) is 54.2 Å². The highest BCUT2D eigenvalue weighted by Gasteiger charge is 2.24. The van der Waals surface area contributed by atoms with Crippen LogP contribution in [0.2, 0.25) is 0 Å². The van der Waals surface area contributed by atoms with Crippen LogP contribution in [-0.2, 0) is 6.42 Å². The highest BCUT2D eigenvalue weighted by atomic mass is 16.1. The molecule has 0 spiro atoms. The molecule has 1 aliphatic rings. The summed E-state index contributed by atoms with van der Waals surface area (Å²) in [4.78, 5) is 19.2. The maximum Gasteiger partial charge on any atom is 0.251 e. The number of hydrogen-bond donors (Lipinski definition) is 3. The van der Waals surface area contributed by atoms with Gasteiger partial charge in [-0.2, -0.15) is 0 Å². The standard InChI is InChI=1S/C26H37N5O/c1-4-28-26(29-16-13-21-9-8-12-23(19-21)25(32)27-3)30-24-14-17-31(18-15-24)20(2)22-10-6-5-7-11-22/h5-12,19-20,24H,4,13-18H2,1-3H3,(H,27,32)(H2,28,29,30). The van der Waals surface area contributed by atoms with Gasteiger partial charge in [0.15, 0.2) is 5.96 Å². The Morgan fingerprint density at radius 1 is 1.12 bits per heavy atom. The zero-order chi connectivity index (χ0) is 22.8. The van der Waals surface area contributed by atoms with Crippen LogP contribution in [-0.4, -0.2) is 56.0 Å². The first-order valence-electron chi connectivity index (χ1n) is 11.8. The molecule has 0 aromatic heterocycles. The van der Waals surface area contributed by atoms with Gasteiger partial charge in [0.05, 0.1) is 0 Å². The minimum Gasteiger partial charge on any atom is -0.357 e. The first kappa shape index (κ1) is 23.8. The van der Waals surface area contributed by atoms with Gasteiger partial charge in [-0.3, -0.25) is 14.7 Å². The van der Waals surface area contributed by atoms with Gasteiger partial charge in [-0.05, 0) is 56.4 Å². The van der Waals surface area contributed by atoms with Gasteiger partial charge in [0.2, 0.25) is 0 Å². The molecule has 172 valence electrons. The van der Waals surface area contributed by atoms with Gasteiger partial charge >= 0.3 is 0 Å². The van der Waals surface area contributed by atoms with Crippen molar-refractivity contribution in [2.75, 3.05) is 33.2 Å². The van der Waals surface area contributed by atoms with Crippen molar-refractivity contribution >= 4 is 11.9 Å². The fourth-order valence-electron chi connectivity index (χ4n) is 4.20. The van der Waals surface area contributed by atoms with Crippen LogP contribution in [0.3, 0.4) is 0 Å². The Balaban J connectivity index is 1.50. The fourth-order valence-corrected chi connectivity index (χ4v) is 4.20. The Bertz CT molecular complexity index is 875. The third-order valence-corrected chi connectivity index (χ3v) is 6.13. The number of aliphatic imine (C=N–C) groups is 1. The van der Waals surface area contributed by atoms with Gasteiger partial charge < -0.3 is 16.0 Å². The van der Waals surface area contributed by atoms with Crippen LogP contribution in [0.25, 0.3) is 0 Å². The van der Waals surface area contributed by atoms with Crippen molar-refractivity contribution in [2.24, 2.45) is 4.99 Å². The van der Waals surface area contributed by atoms with Crippen LogP contribution in [0.4, 0.5) is 0 Å². The smallest absolute Gasteiger partial charge is 0.251 e. The summed E-state index contributed by atoms with van der Waals surface area (Å²) in [5, 5.41) is 9.68. The number of nitrogens with one attached hydrogen (secondary N) is 3. The maximum atomic E-state index is 11.8. The second-order valence-electron chi connectivity index (χ2n) is 8.33. The number of carbonyl (C=O) groups is 1. The number of benzene rings is 2. The third-order valence-electron chi connectivity index (χ3n) is 6.13. The van der Waals surface area contributed by atoms with Gasteiger partial charge in [-0.15, -0.1) is 0 Å². The topological polar surface area (TPSA) is 68.8 Å². The number of rotatable bonds is 8. The second kappa shape index (κ2) is 12.2. The Hall–Kier alpha value is -2.86. The SMILES string of the molecule is CCNC(=NCCc1cccc(C(=O)NC)c1)NC1CCN(C(C)c2ccccc2)CC1. The lowest BCUT2D eigenvalue weighted by Gasteiger charge is -2.37. The Morgan fingerprint density at radius 3 is 2.56 bits per heavy atom. The number of piperidine rings is 1. The summed E-state index contributed by atoms with van der Waals surface area (Å²) in [6.07, 6.45) is 3.01. The number of amides is 1. The molecular formula is C26H37N5O. The van der Waals surface area contributed by atoms with Gasteiger partial charge in [0, 0.05) is 50.9 Å². The van der Waals surface area contributed by atoms with Gasteiger partial charge in [0.1, 0.15) is 0 Å². The zero-order valence-electron chi connectivity index (χ0n) is 19.6. The lowest BCUT2D eigenvalue weighted by molar-refractivity contribution is 0.0963. The van der Waals surface area contributed by atoms with E-state index < -0.39 is 0 Å². The van der Waals surface area contributed by atoms with E-state index in [1.54, 1.807) is 7.05 Å². The van der Waals surface area contributed by atoms with Crippen molar-refractivity contribution in [3.05, 3.63) is 71.3 Å². The molecule has 2 aromatic rings. The molecule has 2 aromatic carbocycles. The van der Waals surface area contributed by atoms with Crippen LogP contribution in [0, 0.1) is 0 Å². The summed E-state index contributed by atoms with van der Waals surface area (Å²) < 4.78 is 0. The summed E-state index contributed by atoms with van der Waals surface area (Å²) in [6, 6.07) is 19.4. The van der Waals surface area contributed by atoms with E-state index in [0.29, 0.717) is 24.2 Å². The molecule has 0 saturated carbocycles. The predicted octanol–water partition coefficient (Wildman–Crippen LogP) is 3.37. The van der Waals surface area contributed by atoms with Crippen molar-refractivity contribution in [1.29, 1.82) is 0 Å². The van der Waals surface area contributed by atoms with Crippen LogP contribution in [0.5, 0.6) is 0 Å². The molecule has 32 heavy (non-hydrogen) atoms. The molecular weight excluding hydrogens is 398 g/mol. The lowest BCUT2D eigenvalue weighted by atomic mass is 10.0. The average Bonchev–Trinajstić information content (AvgIpc) is 2.84. The van der Waals surface area contributed by atoms with Crippen molar-refractivity contribution in [3.8, 4) is 0 Å². The van der Waals surface area contributed by atoms with Gasteiger partial charge in [0.25, 0.3) is 5.91 Å². The number of carbonyl (C=O) groups excluding carboxylic acids is 1. The van der Waals surface area contributed by atoms with Crippen LogP contribution < -0.4 is 16.0 Å². The molecule has 6 nitrogen and oxygen atoms in total. The van der Waals surface area contributed by atoms with Gasteiger partial charge in [-0.1, -0.05) is 42.5 Å². The maximum absolute atomic E-state index is 11.8. The second-order valence-corrected chi connectivity index (χ2v) is 8.33. The van der Waals surface area contributed by atoms with E-state index >= 15 is 0 Å². The lowest BCUT2D eigenvalue weighted by Crippen LogP contribution is -2.49. The van der Waals surface area contributed by atoms with E-state index in [1.165, 1.54) is 5.56 Å². The molecule has 3 rings (SSSR count). The molecule has 3 N–H and O–H groups in total. The molecule has 1 fully saturated rings. The first-order valence-corrected chi connectivity index (χ1v) is 11.8. The molecule has 1 unspecified atom stereocenters. The predicted molar refractivity (Wildman–Crippen MR) is 132 cm³/mol. The minimum absolute atomic E-state index is 0.0571. The average molecular weight is 436 g/mol. The molecule has 0 aliphatic carbocycles. The quantitative estimate of drug-likeness (QED) is 0.439. The van der Waals surface area contributed by atoms with Crippen molar-refractivity contribution in [3.63, 3.8) is 0 Å². The number of nitrogens with zero attached hydrogens (tertiary/aromatic N) is 2. The summed E-state index contributed by atoms with van der Waals surface area (Å²) in [5.74, 6) is 0.822. The molecule has 1 saturated heterocycles. The number of guanidine groups is 1. The highest BCUT2D eigenvalue weighted by Crippen LogP contribution is 2.24. The summed E-state index contributed by atoms with van der Waals surface area (Å²) in [5.41, 5.74) is 3.19. The zero-order valence-corrected chi connectivity index (χ0v) is 19.6. The molecule has 1 amide bonds. The molecule has 0 radical (unpaired) electrons. The van der Waals surface area contributed by atoms with Crippen molar-refractivity contribution in [2.45, 2.75) is 45.2 Å². The molecule has 6 heteroatoms. The minimum atomic E-state index is -0.0571.